The predicted octanol–water partition coefficient (Wildman–Crippen LogP) is -1.15. The third-order valence-corrected chi connectivity index (χ3v) is 2.53. The smallest absolute Gasteiger partial charge is 0.339 e. The van der Waals surface area contributed by atoms with Gasteiger partial charge in [0.05, 0.1) is 17.6 Å². The molecule has 0 aliphatic carbocycles. The fraction of sp³-hybridized carbons (Fsp3) is 0.231. The highest BCUT2D eigenvalue weighted by Gasteiger charge is 2.15. The van der Waals surface area contributed by atoms with Crippen molar-refractivity contribution < 1.29 is 38.1 Å². The van der Waals surface area contributed by atoms with Gasteiger partial charge in [-0.15, -0.1) is 0 Å². The topological polar surface area (TPSA) is 30.2 Å². The van der Waals surface area contributed by atoms with Crippen molar-refractivity contribution in [3.63, 3.8) is 0 Å². The van der Waals surface area contributed by atoms with Crippen molar-refractivity contribution in [2.75, 3.05) is 6.61 Å². The second kappa shape index (κ2) is 5.95. The van der Waals surface area contributed by atoms with E-state index in [9.17, 15) is 4.79 Å². The molecule has 0 amide bonds. The van der Waals surface area contributed by atoms with Crippen molar-refractivity contribution >= 4 is 16.9 Å². The SMILES string of the molecule is CCOC(=O)c1cc[n+](C)c2ccccc12.[I-]. The summed E-state index contributed by atoms with van der Waals surface area (Å²) in [4.78, 5) is 11.7. The molecule has 0 fully saturated rings. The molecule has 17 heavy (non-hydrogen) atoms. The van der Waals surface area contributed by atoms with Crippen molar-refractivity contribution in [2.24, 2.45) is 7.05 Å². The number of para-hydroxylation sites is 1. The number of halogens is 1. The van der Waals surface area contributed by atoms with E-state index in [1.165, 1.54) is 0 Å². The van der Waals surface area contributed by atoms with Crippen molar-refractivity contribution in [1.29, 1.82) is 0 Å². The lowest BCUT2D eigenvalue weighted by molar-refractivity contribution is -0.644. The second-order valence-corrected chi connectivity index (χ2v) is 3.58. The van der Waals surface area contributed by atoms with E-state index in [4.69, 9.17) is 4.74 Å². The molecule has 1 heterocycles. The standard InChI is InChI=1S/C13H14NO2.HI/c1-3-16-13(15)11-8-9-14(2)12-7-5-4-6-10(11)12;/h4-9H,3H2,1-2H3;1H/q+1;/p-1. The van der Waals surface area contributed by atoms with E-state index in [0.29, 0.717) is 12.2 Å². The van der Waals surface area contributed by atoms with Crippen LogP contribution in [-0.2, 0) is 11.8 Å². The van der Waals surface area contributed by atoms with E-state index in [1.807, 2.05) is 49.0 Å². The average Bonchev–Trinajstić information content (AvgIpc) is 2.30. The normalized spacial score (nSPS) is 9.76. The summed E-state index contributed by atoms with van der Waals surface area (Å²) >= 11 is 0. The summed E-state index contributed by atoms with van der Waals surface area (Å²) in [6, 6.07) is 9.59. The molecule has 0 bridgehead atoms. The molecule has 0 N–H and O–H groups in total. The molecule has 2 rings (SSSR count). The minimum absolute atomic E-state index is 0. The summed E-state index contributed by atoms with van der Waals surface area (Å²) in [5.74, 6) is -0.265. The molecular formula is C13H14INO2. The quantitative estimate of drug-likeness (QED) is 0.392. The van der Waals surface area contributed by atoms with Gasteiger partial charge in [-0.1, -0.05) is 12.1 Å². The molecule has 0 saturated carbocycles. The number of carbonyl (C=O) groups is 1. The Balaban J connectivity index is 0.00000144. The number of aryl methyl sites for hydroxylation is 1. The summed E-state index contributed by atoms with van der Waals surface area (Å²) in [6.07, 6.45) is 1.87. The fourth-order valence-corrected chi connectivity index (χ4v) is 1.75. The Morgan fingerprint density at radius 1 is 1.29 bits per heavy atom. The van der Waals surface area contributed by atoms with E-state index in [1.54, 1.807) is 6.07 Å². The van der Waals surface area contributed by atoms with Gasteiger partial charge in [-0.3, -0.25) is 0 Å². The van der Waals surface area contributed by atoms with Crippen LogP contribution in [0.2, 0.25) is 0 Å². The van der Waals surface area contributed by atoms with Crippen LogP contribution >= 0.6 is 0 Å². The largest absolute Gasteiger partial charge is 1.00 e. The summed E-state index contributed by atoms with van der Waals surface area (Å²) in [5.41, 5.74) is 1.64. The molecule has 2 aromatic rings. The number of fused-ring (bicyclic) bond motifs is 1. The highest BCUT2D eigenvalue weighted by atomic mass is 127. The Morgan fingerprint density at radius 2 is 2.00 bits per heavy atom. The Hall–Kier alpha value is -1.17. The lowest BCUT2D eigenvalue weighted by atomic mass is 10.1. The molecule has 0 radical (unpaired) electrons. The summed E-state index contributed by atoms with van der Waals surface area (Å²) in [6.45, 7) is 2.21. The Kier molecular flexibility index (Phi) is 4.86. The molecule has 4 heteroatoms. The number of carbonyl (C=O) groups excluding carboxylic acids is 1. The zero-order valence-corrected chi connectivity index (χ0v) is 12.0. The third kappa shape index (κ3) is 2.74. The molecule has 1 aromatic carbocycles. The molecule has 1 aromatic heterocycles. The predicted molar refractivity (Wildman–Crippen MR) is 61.1 cm³/mol. The van der Waals surface area contributed by atoms with Crippen LogP contribution in [0.15, 0.2) is 36.5 Å². The van der Waals surface area contributed by atoms with Crippen LogP contribution in [0.25, 0.3) is 10.9 Å². The summed E-state index contributed by atoms with van der Waals surface area (Å²) in [5, 5.41) is 0.922. The maximum Gasteiger partial charge on any atom is 0.339 e. The molecule has 0 aliphatic rings. The van der Waals surface area contributed by atoms with Crippen LogP contribution < -0.4 is 28.5 Å². The minimum atomic E-state index is -0.265. The number of hydrogen-bond acceptors (Lipinski definition) is 2. The molecule has 0 aliphatic heterocycles. The molecule has 3 nitrogen and oxygen atoms in total. The van der Waals surface area contributed by atoms with Crippen LogP contribution in [0.4, 0.5) is 0 Å². The zero-order chi connectivity index (χ0) is 11.5. The second-order valence-electron chi connectivity index (χ2n) is 3.58. The Bertz CT molecular complexity index is 540. The number of benzene rings is 1. The first kappa shape index (κ1) is 13.9. The number of pyridine rings is 1. The minimum Gasteiger partial charge on any atom is -1.00 e. The maximum atomic E-state index is 11.7. The average molecular weight is 343 g/mol. The number of rotatable bonds is 2. The Morgan fingerprint density at radius 3 is 2.71 bits per heavy atom. The van der Waals surface area contributed by atoms with Gasteiger partial charge in [0.1, 0.15) is 7.05 Å². The van der Waals surface area contributed by atoms with E-state index < -0.39 is 0 Å². The van der Waals surface area contributed by atoms with Crippen molar-refractivity contribution in [2.45, 2.75) is 6.92 Å². The number of ether oxygens (including phenoxy) is 1. The summed E-state index contributed by atoms with van der Waals surface area (Å²) < 4.78 is 7.01. The molecule has 0 saturated heterocycles. The van der Waals surface area contributed by atoms with Gasteiger partial charge in [0.15, 0.2) is 6.20 Å². The van der Waals surface area contributed by atoms with Gasteiger partial charge in [-0.2, -0.15) is 0 Å². The molecule has 0 atom stereocenters. The third-order valence-electron chi connectivity index (χ3n) is 2.53. The first-order valence-corrected chi connectivity index (χ1v) is 5.28. The number of nitrogens with zero attached hydrogens (tertiary/aromatic N) is 1. The van der Waals surface area contributed by atoms with Gasteiger partial charge in [-0.05, 0) is 13.0 Å². The lowest BCUT2D eigenvalue weighted by Gasteiger charge is -2.04. The van der Waals surface area contributed by atoms with E-state index >= 15 is 0 Å². The van der Waals surface area contributed by atoms with Gasteiger partial charge < -0.3 is 28.7 Å². The van der Waals surface area contributed by atoms with Crippen LogP contribution in [0, 0.1) is 0 Å². The Labute approximate surface area is 117 Å². The fourth-order valence-electron chi connectivity index (χ4n) is 1.75. The molecule has 0 unspecified atom stereocenters. The van der Waals surface area contributed by atoms with Crippen molar-refractivity contribution in [3.05, 3.63) is 42.1 Å². The monoisotopic (exact) mass is 343 g/mol. The van der Waals surface area contributed by atoms with Crippen molar-refractivity contribution in [1.82, 2.24) is 0 Å². The van der Waals surface area contributed by atoms with Gasteiger partial charge in [0.25, 0.3) is 0 Å². The van der Waals surface area contributed by atoms with E-state index in [-0.39, 0.29) is 29.9 Å². The van der Waals surface area contributed by atoms with Gasteiger partial charge >= 0.3 is 5.97 Å². The van der Waals surface area contributed by atoms with E-state index in [2.05, 4.69) is 0 Å². The number of hydrogen-bond donors (Lipinski definition) is 0. The van der Waals surface area contributed by atoms with Crippen LogP contribution in [0.3, 0.4) is 0 Å². The molecule has 90 valence electrons. The number of esters is 1. The van der Waals surface area contributed by atoms with Crippen LogP contribution in [0.5, 0.6) is 0 Å². The highest BCUT2D eigenvalue weighted by Crippen LogP contribution is 2.15. The lowest BCUT2D eigenvalue weighted by Crippen LogP contribution is -3.00. The zero-order valence-electron chi connectivity index (χ0n) is 9.81. The maximum absolute atomic E-state index is 11.7. The molecule has 0 spiro atoms. The van der Waals surface area contributed by atoms with Gasteiger partial charge in [0.2, 0.25) is 5.52 Å². The first-order chi connectivity index (χ1) is 7.74. The van der Waals surface area contributed by atoms with E-state index in [0.717, 1.165) is 10.9 Å². The van der Waals surface area contributed by atoms with Gasteiger partial charge in [-0.25, -0.2) is 9.36 Å². The number of aromatic nitrogens is 1. The highest BCUT2D eigenvalue weighted by molar-refractivity contribution is 6.02. The molecular weight excluding hydrogens is 329 g/mol. The van der Waals surface area contributed by atoms with Gasteiger partial charge in [0, 0.05) is 12.1 Å². The van der Waals surface area contributed by atoms with Crippen molar-refractivity contribution in [3.8, 4) is 0 Å². The first-order valence-electron chi connectivity index (χ1n) is 5.28. The van der Waals surface area contributed by atoms with Crippen LogP contribution in [-0.4, -0.2) is 12.6 Å². The van der Waals surface area contributed by atoms with Crippen LogP contribution in [0.1, 0.15) is 17.3 Å². The summed E-state index contributed by atoms with van der Waals surface area (Å²) in [7, 11) is 1.96.